The minimum absolute atomic E-state index is 0.245. The van der Waals surface area contributed by atoms with Gasteiger partial charge in [0.2, 0.25) is 0 Å². The molecule has 210 valence electrons. The topological polar surface area (TPSA) is 54.4 Å². The highest BCUT2D eigenvalue weighted by atomic mass is 16.5. The summed E-state index contributed by atoms with van der Waals surface area (Å²) in [5.74, 6) is 2.76. The average Bonchev–Trinajstić information content (AvgIpc) is 3.42. The van der Waals surface area contributed by atoms with E-state index in [1.165, 1.54) is 12.1 Å². The third kappa shape index (κ3) is 5.56. The van der Waals surface area contributed by atoms with Gasteiger partial charge in [0.1, 0.15) is 30.0 Å². The van der Waals surface area contributed by atoms with Gasteiger partial charge >= 0.3 is 0 Å². The summed E-state index contributed by atoms with van der Waals surface area (Å²) < 4.78 is 18.5. The standard InChI is InChI=1S/C34H40N2O4/c1-23-13-14-36(21-23)24(2)22-39-30-10-7-26(8-11-30)34-33(27-5-4-6-29(37)19-27)25(3)31-20-28(9-12-32(31)40-34)35-15-17-38-18-16-35/h4-12,19-20,23-24,34,37H,13-18,21-22H2,1-3H3/t23-,24+,34?/m1/s1. The number of fused-ring (bicyclic) bond motifs is 1. The van der Waals surface area contributed by atoms with Gasteiger partial charge in [-0.1, -0.05) is 31.2 Å². The van der Waals surface area contributed by atoms with E-state index < -0.39 is 0 Å². The molecule has 0 aromatic heterocycles. The van der Waals surface area contributed by atoms with E-state index in [-0.39, 0.29) is 11.9 Å². The van der Waals surface area contributed by atoms with Crippen molar-refractivity contribution in [2.24, 2.45) is 5.92 Å². The number of phenols is 1. The van der Waals surface area contributed by atoms with Gasteiger partial charge in [-0.05, 0) is 91.9 Å². The van der Waals surface area contributed by atoms with Gasteiger partial charge in [0.05, 0.1) is 13.2 Å². The Morgan fingerprint density at radius 2 is 1.80 bits per heavy atom. The maximum atomic E-state index is 10.3. The van der Waals surface area contributed by atoms with Gasteiger partial charge in [-0.3, -0.25) is 4.90 Å². The molecule has 6 rings (SSSR count). The molecule has 3 aromatic carbocycles. The minimum atomic E-state index is -0.303. The van der Waals surface area contributed by atoms with Crippen molar-refractivity contribution in [1.29, 1.82) is 0 Å². The summed E-state index contributed by atoms with van der Waals surface area (Å²) in [6, 6.07) is 22.6. The second kappa shape index (κ2) is 11.6. The number of morpholine rings is 1. The Morgan fingerprint density at radius 1 is 1.00 bits per heavy atom. The molecule has 3 aliphatic rings. The minimum Gasteiger partial charge on any atom is -0.508 e. The number of ether oxygens (including phenoxy) is 3. The van der Waals surface area contributed by atoms with Gasteiger partial charge in [-0.15, -0.1) is 0 Å². The van der Waals surface area contributed by atoms with Crippen molar-refractivity contribution in [1.82, 2.24) is 4.90 Å². The Hall–Kier alpha value is -3.48. The van der Waals surface area contributed by atoms with Crippen molar-refractivity contribution in [3.8, 4) is 17.2 Å². The first-order valence-corrected chi connectivity index (χ1v) is 14.6. The molecule has 40 heavy (non-hydrogen) atoms. The summed E-state index contributed by atoms with van der Waals surface area (Å²) in [7, 11) is 0. The highest BCUT2D eigenvalue weighted by molar-refractivity contribution is 5.96. The Bertz CT molecular complexity index is 1360. The molecule has 0 amide bonds. The number of benzene rings is 3. The van der Waals surface area contributed by atoms with E-state index in [1.54, 1.807) is 6.07 Å². The van der Waals surface area contributed by atoms with E-state index >= 15 is 0 Å². The van der Waals surface area contributed by atoms with Crippen LogP contribution in [0, 0.1) is 5.92 Å². The van der Waals surface area contributed by atoms with Crippen LogP contribution in [-0.4, -0.2) is 62.0 Å². The van der Waals surface area contributed by atoms with E-state index in [9.17, 15) is 5.11 Å². The number of allylic oxidation sites excluding steroid dienone is 1. The number of aromatic hydroxyl groups is 1. The first-order valence-electron chi connectivity index (χ1n) is 14.6. The molecule has 0 bridgehead atoms. The molecular weight excluding hydrogens is 500 g/mol. The van der Waals surface area contributed by atoms with Crippen LogP contribution >= 0.6 is 0 Å². The summed E-state index contributed by atoms with van der Waals surface area (Å²) in [5, 5.41) is 10.3. The number of nitrogens with zero attached hydrogens (tertiary/aromatic N) is 2. The molecule has 1 N–H and O–H groups in total. The number of hydrogen-bond acceptors (Lipinski definition) is 6. The molecule has 2 saturated heterocycles. The Kier molecular flexibility index (Phi) is 7.72. The number of hydrogen-bond donors (Lipinski definition) is 1. The molecule has 3 aromatic rings. The normalized spacial score (nSPS) is 22.1. The van der Waals surface area contributed by atoms with E-state index in [2.05, 4.69) is 60.9 Å². The monoisotopic (exact) mass is 540 g/mol. The molecular formula is C34H40N2O4. The zero-order valence-corrected chi connectivity index (χ0v) is 23.8. The first kappa shape index (κ1) is 26.7. The van der Waals surface area contributed by atoms with Crippen LogP contribution in [0.3, 0.4) is 0 Å². The van der Waals surface area contributed by atoms with Gasteiger partial charge in [0.25, 0.3) is 0 Å². The highest BCUT2D eigenvalue weighted by Gasteiger charge is 2.30. The van der Waals surface area contributed by atoms with E-state index in [1.807, 2.05) is 30.3 Å². The third-order valence-corrected chi connectivity index (χ3v) is 8.56. The lowest BCUT2D eigenvalue weighted by atomic mass is 9.86. The van der Waals surface area contributed by atoms with E-state index in [4.69, 9.17) is 14.2 Å². The number of rotatable bonds is 7. The number of likely N-dealkylation sites (tertiary alicyclic amines) is 1. The smallest absolute Gasteiger partial charge is 0.150 e. The van der Waals surface area contributed by atoms with Crippen LogP contribution < -0.4 is 14.4 Å². The van der Waals surface area contributed by atoms with Crippen molar-refractivity contribution in [2.45, 2.75) is 39.3 Å². The SMILES string of the molecule is CC1=C(c2cccc(O)c2)C(c2ccc(OC[C@H](C)N3CC[C@@H](C)C3)cc2)Oc2ccc(N3CCOCC3)cc21. The van der Waals surface area contributed by atoms with Crippen LogP contribution in [-0.2, 0) is 4.74 Å². The van der Waals surface area contributed by atoms with Crippen molar-refractivity contribution >= 4 is 16.8 Å². The second-order valence-corrected chi connectivity index (χ2v) is 11.5. The van der Waals surface area contributed by atoms with Gasteiger partial charge < -0.3 is 24.2 Å². The zero-order valence-electron chi connectivity index (χ0n) is 23.8. The Morgan fingerprint density at radius 3 is 2.52 bits per heavy atom. The molecule has 0 spiro atoms. The van der Waals surface area contributed by atoms with Crippen molar-refractivity contribution in [3.63, 3.8) is 0 Å². The molecule has 6 nitrogen and oxygen atoms in total. The quantitative estimate of drug-likeness (QED) is 0.374. The molecule has 0 aliphatic carbocycles. The second-order valence-electron chi connectivity index (χ2n) is 11.5. The largest absolute Gasteiger partial charge is 0.508 e. The lowest BCUT2D eigenvalue weighted by molar-refractivity contribution is 0.122. The highest BCUT2D eigenvalue weighted by Crippen LogP contribution is 2.48. The Labute approximate surface area is 237 Å². The third-order valence-electron chi connectivity index (χ3n) is 8.56. The van der Waals surface area contributed by atoms with Gasteiger partial charge in [-0.25, -0.2) is 0 Å². The van der Waals surface area contributed by atoms with Crippen LogP contribution in [0.5, 0.6) is 17.2 Å². The van der Waals surface area contributed by atoms with Crippen LogP contribution in [0.4, 0.5) is 5.69 Å². The first-order chi connectivity index (χ1) is 19.5. The zero-order chi connectivity index (χ0) is 27.6. The van der Waals surface area contributed by atoms with Gasteiger partial charge in [-0.2, -0.15) is 0 Å². The number of anilines is 1. The molecule has 2 fully saturated rings. The lowest BCUT2D eigenvalue weighted by Crippen LogP contribution is -2.36. The van der Waals surface area contributed by atoms with Crippen LogP contribution in [0.1, 0.15) is 50.0 Å². The Balaban J connectivity index is 1.27. The fraction of sp³-hybridized carbons (Fsp3) is 0.412. The fourth-order valence-electron chi connectivity index (χ4n) is 6.17. The van der Waals surface area contributed by atoms with Crippen LogP contribution in [0.2, 0.25) is 0 Å². The van der Waals surface area contributed by atoms with Crippen molar-refractivity contribution in [3.05, 3.63) is 83.4 Å². The van der Waals surface area contributed by atoms with Crippen molar-refractivity contribution < 1.29 is 19.3 Å². The molecule has 0 saturated carbocycles. The summed E-state index contributed by atoms with van der Waals surface area (Å²) in [6.07, 6.45) is 0.967. The van der Waals surface area contributed by atoms with Crippen LogP contribution in [0.15, 0.2) is 66.7 Å². The predicted octanol–water partition coefficient (Wildman–Crippen LogP) is 6.40. The molecule has 1 unspecified atom stereocenters. The summed E-state index contributed by atoms with van der Waals surface area (Å²) in [5.41, 5.74) is 6.49. The molecule has 3 heterocycles. The molecule has 0 radical (unpaired) electrons. The summed E-state index contributed by atoms with van der Waals surface area (Å²) >= 11 is 0. The summed E-state index contributed by atoms with van der Waals surface area (Å²) in [6.45, 7) is 13.0. The number of phenolic OH excluding ortho intramolecular Hbond substituents is 1. The van der Waals surface area contributed by atoms with Crippen LogP contribution in [0.25, 0.3) is 11.1 Å². The molecule has 6 heteroatoms. The maximum Gasteiger partial charge on any atom is 0.150 e. The van der Waals surface area contributed by atoms with Gasteiger partial charge in [0.15, 0.2) is 0 Å². The summed E-state index contributed by atoms with van der Waals surface area (Å²) in [4.78, 5) is 4.88. The fourth-order valence-corrected chi connectivity index (χ4v) is 6.17. The predicted molar refractivity (Wildman–Crippen MR) is 160 cm³/mol. The van der Waals surface area contributed by atoms with E-state index in [0.29, 0.717) is 12.6 Å². The average molecular weight is 541 g/mol. The maximum absolute atomic E-state index is 10.3. The lowest BCUT2D eigenvalue weighted by Gasteiger charge is -2.33. The van der Waals surface area contributed by atoms with E-state index in [0.717, 1.165) is 84.6 Å². The van der Waals surface area contributed by atoms with Crippen molar-refractivity contribution in [2.75, 3.05) is 50.9 Å². The molecule has 3 atom stereocenters. The van der Waals surface area contributed by atoms with Gasteiger partial charge in [0, 0.05) is 42.5 Å². The molecule has 3 aliphatic heterocycles.